The van der Waals surface area contributed by atoms with Gasteiger partial charge in [0.15, 0.2) is 0 Å². The zero-order valence-corrected chi connectivity index (χ0v) is 21.9. The van der Waals surface area contributed by atoms with Gasteiger partial charge in [-0.2, -0.15) is 0 Å². The topological polar surface area (TPSA) is 86.2 Å². The number of para-hydroxylation sites is 2. The highest BCUT2D eigenvalue weighted by molar-refractivity contribution is 8.00. The van der Waals surface area contributed by atoms with E-state index in [1.807, 2.05) is 24.3 Å². The molecule has 1 aliphatic rings. The lowest BCUT2D eigenvalue weighted by atomic mass is 9.88. The van der Waals surface area contributed by atoms with E-state index in [4.69, 9.17) is 14.5 Å². The van der Waals surface area contributed by atoms with Crippen LogP contribution < -0.4 is 10.1 Å². The Hall–Kier alpha value is -2.75. The highest BCUT2D eigenvalue weighted by Crippen LogP contribution is 2.42. The van der Waals surface area contributed by atoms with Gasteiger partial charge in [0.2, 0.25) is 5.91 Å². The van der Waals surface area contributed by atoms with E-state index in [2.05, 4.69) is 36.1 Å². The first-order valence-corrected chi connectivity index (χ1v) is 13.5. The quantitative estimate of drug-likeness (QED) is 0.250. The van der Waals surface area contributed by atoms with E-state index in [0.29, 0.717) is 18.0 Å². The molecule has 7 nitrogen and oxygen atoms in total. The number of amides is 1. The lowest BCUT2D eigenvalue weighted by Gasteiger charge is -2.33. The Morgan fingerprint density at radius 3 is 2.89 bits per heavy atom. The number of aryl methyl sites for hydroxylation is 1. The number of pyridine rings is 1. The van der Waals surface area contributed by atoms with Crippen LogP contribution in [0.2, 0.25) is 0 Å². The van der Waals surface area contributed by atoms with Crippen LogP contribution in [0, 0.1) is 0 Å². The fourth-order valence-corrected chi connectivity index (χ4v) is 6.52. The van der Waals surface area contributed by atoms with E-state index >= 15 is 0 Å². The molecule has 9 heteroatoms. The number of hydrogen-bond acceptors (Lipinski definition) is 8. The first kappa shape index (κ1) is 24.0. The van der Waals surface area contributed by atoms with Crippen molar-refractivity contribution in [3.8, 4) is 5.75 Å². The van der Waals surface area contributed by atoms with Crippen molar-refractivity contribution in [3.05, 3.63) is 47.4 Å². The lowest BCUT2D eigenvalue weighted by molar-refractivity contribution is -0.113. The summed E-state index contributed by atoms with van der Waals surface area (Å²) in [5.41, 5.74) is 4.96. The Balaban J connectivity index is 1.49. The van der Waals surface area contributed by atoms with Gasteiger partial charge < -0.3 is 14.8 Å². The van der Waals surface area contributed by atoms with Gasteiger partial charge in [0.25, 0.3) is 0 Å². The number of methoxy groups -OCH3 is 1. The molecule has 4 aromatic rings. The molecule has 182 valence electrons. The summed E-state index contributed by atoms with van der Waals surface area (Å²) in [4.78, 5) is 27.9. The largest absolute Gasteiger partial charge is 0.495 e. The number of thiophene rings is 1. The van der Waals surface area contributed by atoms with Gasteiger partial charge >= 0.3 is 0 Å². The summed E-state index contributed by atoms with van der Waals surface area (Å²) in [6, 6.07) is 7.38. The number of ether oxygens (including phenoxy) is 2. The number of benzene rings is 1. The van der Waals surface area contributed by atoms with E-state index in [-0.39, 0.29) is 17.3 Å². The predicted molar refractivity (Wildman–Crippen MR) is 142 cm³/mol. The summed E-state index contributed by atoms with van der Waals surface area (Å²) in [7, 11) is 1.59. The Bertz CT molecular complexity index is 1420. The minimum atomic E-state index is -0.236. The van der Waals surface area contributed by atoms with E-state index in [9.17, 15) is 4.79 Å². The molecule has 3 aromatic heterocycles. The van der Waals surface area contributed by atoms with Crippen molar-refractivity contribution in [2.24, 2.45) is 0 Å². The first-order valence-electron chi connectivity index (χ1n) is 11.7. The fourth-order valence-electron chi connectivity index (χ4n) is 4.47. The van der Waals surface area contributed by atoms with E-state index in [1.165, 1.54) is 22.9 Å². The second-order valence-electron chi connectivity index (χ2n) is 9.17. The minimum Gasteiger partial charge on any atom is -0.495 e. The highest BCUT2D eigenvalue weighted by Gasteiger charge is 2.31. The number of nitrogens with one attached hydrogen (secondary N) is 1. The molecule has 0 aliphatic carbocycles. The van der Waals surface area contributed by atoms with Crippen molar-refractivity contribution < 1.29 is 14.3 Å². The van der Waals surface area contributed by atoms with Crippen LogP contribution >= 0.6 is 23.1 Å². The normalized spacial score (nSPS) is 14.7. The molecule has 0 saturated carbocycles. The van der Waals surface area contributed by atoms with Crippen LogP contribution in [0.3, 0.4) is 0 Å². The molecule has 35 heavy (non-hydrogen) atoms. The third-order valence-electron chi connectivity index (χ3n) is 6.09. The van der Waals surface area contributed by atoms with Crippen LogP contribution in [0.15, 0.2) is 35.6 Å². The summed E-state index contributed by atoms with van der Waals surface area (Å²) >= 11 is 3.03. The second-order valence-corrected chi connectivity index (χ2v) is 11.1. The number of anilines is 1. The molecule has 0 unspecified atom stereocenters. The van der Waals surface area contributed by atoms with Crippen molar-refractivity contribution >= 4 is 55.1 Å². The van der Waals surface area contributed by atoms with Gasteiger partial charge in [-0.05, 0) is 38.0 Å². The van der Waals surface area contributed by atoms with E-state index in [0.717, 1.165) is 50.4 Å². The zero-order valence-electron chi connectivity index (χ0n) is 20.3. The molecule has 0 saturated heterocycles. The second kappa shape index (κ2) is 9.72. The Kier molecular flexibility index (Phi) is 6.65. The van der Waals surface area contributed by atoms with Gasteiger partial charge in [-0.3, -0.25) is 4.79 Å². The molecule has 4 heterocycles. The number of fused-ring (bicyclic) bond motifs is 5. The van der Waals surface area contributed by atoms with Gasteiger partial charge in [0, 0.05) is 23.1 Å². The number of thioether (sulfide) groups is 1. The maximum absolute atomic E-state index is 12.7. The van der Waals surface area contributed by atoms with Gasteiger partial charge in [-0.25, -0.2) is 15.0 Å². The molecule has 0 fully saturated rings. The van der Waals surface area contributed by atoms with Gasteiger partial charge in [-0.1, -0.05) is 37.2 Å². The summed E-state index contributed by atoms with van der Waals surface area (Å²) < 4.78 is 12.5. The third kappa shape index (κ3) is 4.72. The Morgan fingerprint density at radius 2 is 2.09 bits per heavy atom. The van der Waals surface area contributed by atoms with Crippen molar-refractivity contribution in [1.29, 1.82) is 0 Å². The molecule has 1 N–H and O–H groups in total. The lowest BCUT2D eigenvalue weighted by Crippen LogP contribution is -2.32. The standard InChI is InChI=1S/C26H28N4O3S2/c1-5-8-17-16-12-33-26(2,3)11-15(16)21-22-23(35-24(21)30-17)25(28-14-27-22)34-13-20(31)29-18-9-6-7-10-19(18)32-4/h6-7,9-10,14H,5,8,11-13H2,1-4H3,(H,29,31). The number of rotatable bonds is 7. The van der Waals surface area contributed by atoms with Crippen LogP contribution in [0.1, 0.15) is 44.0 Å². The molecule has 5 rings (SSSR count). The van der Waals surface area contributed by atoms with Crippen LogP contribution in [0.25, 0.3) is 20.4 Å². The maximum atomic E-state index is 12.7. The predicted octanol–water partition coefficient (Wildman–Crippen LogP) is 5.78. The molecule has 0 atom stereocenters. The number of aromatic nitrogens is 3. The molecule has 0 spiro atoms. The van der Waals surface area contributed by atoms with Crippen LogP contribution in [0.5, 0.6) is 5.75 Å². The van der Waals surface area contributed by atoms with E-state index in [1.54, 1.807) is 24.8 Å². The summed E-state index contributed by atoms with van der Waals surface area (Å²) in [6.07, 6.45) is 4.36. The first-order chi connectivity index (χ1) is 16.9. The van der Waals surface area contributed by atoms with Crippen LogP contribution in [-0.4, -0.2) is 39.3 Å². The molecular formula is C26H28N4O3S2. The van der Waals surface area contributed by atoms with Gasteiger partial charge in [0.05, 0.1) is 41.0 Å². The summed E-state index contributed by atoms with van der Waals surface area (Å²) in [6.45, 7) is 7.01. The molecule has 1 amide bonds. The average molecular weight is 509 g/mol. The smallest absolute Gasteiger partial charge is 0.234 e. The van der Waals surface area contributed by atoms with Crippen LogP contribution in [0.4, 0.5) is 5.69 Å². The molecular weight excluding hydrogens is 480 g/mol. The van der Waals surface area contributed by atoms with Crippen molar-refractivity contribution in [2.45, 2.75) is 57.3 Å². The number of nitrogens with zero attached hydrogens (tertiary/aromatic N) is 3. The van der Waals surface area contributed by atoms with Gasteiger partial charge in [-0.15, -0.1) is 11.3 Å². The molecule has 1 aromatic carbocycles. The summed E-state index contributed by atoms with van der Waals surface area (Å²) in [5, 5.41) is 4.83. The van der Waals surface area contributed by atoms with E-state index < -0.39 is 0 Å². The average Bonchev–Trinajstić information content (AvgIpc) is 3.22. The molecule has 1 aliphatic heterocycles. The van der Waals surface area contributed by atoms with Crippen molar-refractivity contribution in [2.75, 3.05) is 18.2 Å². The minimum absolute atomic E-state index is 0.119. The van der Waals surface area contributed by atoms with Crippen molar-refractivity contribution in [1.82, 2.24) is 15.0 Å². The highest BCUT2D eigenvalue weighted by atomic mass is 32.2. The van der Waals surface area contributed by atoms with Crippen LogP contribution in [-0.2, 0) is 29.0 Å². The number of carbonyl (C=O) groups is 1. The maximum Gasteiger partial charge on any atom is 0.234 e. The van der Waals surface area contributed by atoms with Crippen molar-refractivity contribution in [3.63, 3.8) is 0 Å². The fraction of sp³-hybridized carbons (Fsp3) is 0.385. The monoisotopic (exact) mass is 508 g/mol. The van der Waals surface area contributed by atoms with Gasteiger partial charge in [0.1, 0.15) is 21.9 Å². The Labute approximate surface area is 212 Å². The molecule has 0 bridgehead atoms. The SMILES string of the molecule is CCCc1nc2sc3c(SCC(=O)Nc4ccccc4OC)ncnc3c2c2c1COC(C)(C)C2. The zero-order chi connectivity index (χ0) is 24.6. The number of hydrogen-bond donors (Lipinski definition) is 1. The summed E-state index contributed by atoms with van der Waals surface area (Å²) in [5.74, 6) is 0.740. The molecule has 0 radical (unpaired) electrons. The third-order valence-corrected chi connectivity index (χ3v) is 8.29. The number of carbonyl (C=O) groups excluding carboxylic acids is 1. The Morgan fingerprint density at radius 1 is 1.26 bits per heavy atom.